The zero-order chi connectivity index (χ0) is 22.8. The summed E-state index contributed by atoms with van der Waals surface area (Å²) in [6, 6.07) is 17.0. The summed E-state index contributed by atoms with van der Waals surface area (Å²) in [6.07, 6.45) is 6.58. The van der Waals surface area contributed by atoms with Crippen molar-refractivity contribution in [1.29, 1.82) is 5.26 Å². The van der Waals surface area contributed by atoms with Crippen molar-refractivity contribution in [2.24, 2.45) is 5.41 Å². The molecule has 2 heterocycles. The number of fused-ring (bicyclic) bond motifs is 2. The molecule has 1 N–H and O–H groups in total. The van der Waals surface area contributed by atoms with Crippen molar-refractivity contribution in [2.75, 3.05) is 18.5 Å². The van der Waals surface area contributed by atoms with Crippen LogP contribution in [0.1, 0.15) is 55.2 Å². The lowest BCUT2D eigenvalue weighted by Crippen LogP contribution is -2.44. The molecular weight excluding hydrogens is 415 g/mol. The Balaban J connectivity index is 1.32. The van der Waals surface area contributed by atoms with Gasteiger partial charge in [0.05, 0.1) is 22.6 Å². The first-order valence-corrected chi connectivity index (χ1v) is 11.9. The van der Waals surface area contributed by atoms with E-state index in [2.05, 4.69) is 22.5 Å². The Labute approximate surface area is 193 Å². The molecule has 1 fully saturated rings. The summed E-state index contributed by atoms with van der Waals surface area (Å²) in [6.45, 7) is 2.57. The molecule has 1 aliphatic carbocycles. The summed E-state index contributed by atoms with van der Waals surface area (Å²) in [7, 11) is 0. The van der Waals surface area contributed by atoms with Gasteiger partial charge in [-0.05, 0) is 61.6 Å². The Morgan fingerprint density at radius 3 is 2.73 bits per heavy atom. The number of carbonyl (C=O) groups excluding carboxylic acids is 1. The number of nitriles is 1. The molecule has 0 spiro atoms. The van der Waals surface area contributed by atoms with Crippen LogP contribution >= 0.6 is 0 Å². The predicted molar refractivity (Wildman–Crippen MR) is 127 cm³/mol. The van der Waals surface area contributed by atoms with Gasteiger partial charge in [-0.1, -0.05) is 43.5 Å². The molecule has 1 saturated carbocycles. The minimum atomic E-state index is -0.481. The van der Waals surface area contributed by atoms with Crippen LogP contribution < -0.4 is 5.43 Å². The summed E-state index contributed by atoms with van der Waals surface area (Å²) >= 11 is 0. The molecule has 6 heteroatoms. The quantitative estimate of drug-likeness (QED) is 0.594. The second-order valence-electron chi connectivity index (χ2n) is 9.51. The third-order valence-electron chi connectivity index (χ3n) is 7.50. The molecule has 2 aromatic carbocycles. The molecule has 1 amide bonds. The molecule has 1 aliphatic heterocycles. The lowest BCUT2D eigenvalue weighted by atomic mass is 9.71. The number of amides is 1. The highest BCUT2D eigenvalue weighted by molar-refractivity contribution is 5.92. The van der Waals surface area contributed by atoms with Gasteiger partial charge in [0, 0.05) is 24.5 Å². The van der Waals surface area contributed by atoms with Gasteiger partial charge in [0.15, 0.2) is 0 Å². The number of hydrogen-bond donors (Lipinski definition) is 1. The van der Waals surface area contributed by atoms with Gasteiger partial charge in [-0.2, -0.15) is 9.65 Å². The average molecular weight is 445 g/mol. The van der Waals surface area contributed by atoms with E-state index in [1.54, 1.807) is 0 Å². The maximum atomic E-state index is 14.7. The second-order valence-corrected chi connectivity index (χ2v) is 9.51. The molecule has 0 radical (unpaired) electrons. The van der Waals surface area contributed by atoms with E-state index >= 15 is 0 Å². The number of halogens is 1. The van der Waals surface area contributed by atoms with Gasteiger partial charge in [-0.15, -0.1) is 0 Å². The maximum absolute atomic E-state index is 14.7. The average Bonchev–Trinajstić information content (AvgIpc) is 3.17. The third-order valence-corrected chi connectivity index (χ3v) is 7.50. The topological polar surface area (TPSA) is 61.1 Å². The minimum Gasteiger partial charge on any atom is -0.299 e. The van der Waals surface area contributed by atoms with Gasteiger partial charge in [-0.3, -0.25) is 15.1 Å². The Morgan fingerprint density at radius 1 is 1.09 bits per heavy atom. The van der Waals surface area contributed by atoms with Crippen molar-refractivity contribution in [3.63, 3.8) is 0 Å². The fourth-order valence-corrected chi connectivity index (χ4v) is 5.52. The largest absolute Gasteiger partial charge is 0.299 e. The molecule has 0 unspecified atom stereocenters. The summed E-state index contributed by atoms with van der Waals surface area (Å²) in [5.74, 6) is -0.525. The molecule has 170 valence electrons. The first-order chi connectivity index (χ1) is 16.1. The normalized spacial score (nSPS) is 17.9. The van der Waals surface area contributed by atoms with Crippen LogP contribution in [0.25, 0.3) is 10.9 Å². The van der Waals surface area contributed by atoms with E-state index in [0.29, 0.717) is 11.1 Å². The number of aromatic nitrogens is 1. The number of nitrogens with zero attached hydrogens (tertiary/aromatic N) is 3. The van der Waals surface area contributed by atoms with E-state index < -0.39 is 11.4 Å². The summed E-state index contributed by atoms with van der Waals surface area (Å²) in [5, 5.41) is 10.0. The van der Waals surface area contributed by atoms with Gasteiger partial charge < -0.3 is 0 Å². The van der Waals surface area contributed by atoms with E-state index in [4.69, 9.17) is 0 Å². The number of nitrogens with one attached hydrogen (secondary N) is 1. The first-order valence-electron chi connectivity index (χ1n) is 11.9. The molecule has 5 rings (SSSR count). The van der Waals surface area contributed by atoms with Crippen molar-refractivity contribution >= 4 is 16.8 Å². The molecule has 2 aliphatic rings. The van der Waals surface area contributed by atoms with Crippen molar-refractivity contribution in [3.05, 3.63) is 71.2 Å². The molecular formula is C27H29FN4O. The van der Waals surface area contributed by atoms with Gasteiger partial charge in [-0.25, -0.2) is 4.68 Å². The summed E-state index contributed by atoms with van der Waals surface area (Å²) in [4.78, 5) is 16.0. The number of hydrogen-bond acceptors (Lipinski definition) is 3. The van der Waals surface area contributed by atoms with Crippen LogP contribution in [-0.4, -0.2) is 28.6 Å². The number of benzene rings is 2. The minimum absolute atomic E-state index is 0.0772. The van der Waals surface area contributed by atoms with Crippen LogP contribution in [0.2, 0.25) is 0 Å². The van der Waals surface area contributed by atoms with Crippen molar-refractivity contribution in [3.8, 4) is 6.07 Å². The van der Waals surface area contributed by atoms with E-state index in [0.717, 1.165) is 70.0 Å². The molecule has 0 saturated heterocycles. The molecule has 5 nitrogen and oxygen atoms in total. The fraction of sp³-hybridized carbons (Fsp3) is 0.407. The van der Waals surface area contributed by atoms with E-state index in [-0.39, 0.29) is 5.91 Å². The monoisotopic (exact) mass is 444 g/mol. The lowest BCUT2D eigenvalue weighted by Gasteiger charge is -2.38. The maximum Gasteiger partial charge on any atom is 0.245 e. The van der Waals surface area contributed by atoms with Crippen LogP contribution in [0.4, 0.5) is 4.39 Å². The first kappa shape index (κ1) is 21.7. The molecule has 33 heavy (non-hydrogen) atoms. The Bertz CT molecular complexity index is 1220. The highest BCUT2D eigenvalue weighted by Gasteiger charge is 2.40. The molecule has 0 atom stereocenters. The standard InChI is InChI=1S/C27H29FN4O/c28-25-17-22-6-2-3-7-24(22)32(25)30-26(33)27(11-4-1-5-12-27)13-15-31-14-10-21-9-8-20(18-29)16-23(21)19-31/h2-3,6-9,16-17H,1,4-5,10-15,19H2,(H,30,33). The van der Waals surface area contributed by atoms with Crippen LogP contribution in [0, 0.1) is 22.7 Å². The van der Waals surface area contributed by atoms with E-state index in [1.165, 1.54) is 21.9 Å². The SMILES string of the molecule is N#Cc1ccc2c(c1)CN(CCC1(C(=O)Nn3c(F)cc4ccccc43)CCCCC1)CC2. The molecule has 3 aromatic rings. The summed E-state index contributed by atoms with van der Waals surface area (Å²) < 4.78 is 16.0. The molecule has 1 aromatic heterocycles. The zero-order valence-electron chi connectivity index (χ0n) is 18.8. The van der Waals surface area contributed by atoms with Crippen molar-refractivity contribution in [2.45, 2.75) is 51.5 Å². The third kappa shape index (κ3) is 4.26. The van der Waals surface area contributed by atoms with Crippen molar-refractivity contribution in [1.82, 2.24) is 9.58 Å². The highest BCUT2D eigenvalue weighted by atomic mass is 19.1. The second kappa shape index (κ2) is 8.99. The summed E-state index contributed by atoms with van der Waals surface area (Å²) in [5.41, 5.74) is 6.32. The van der Waals surface area contributed by atoms with Crippen LogP contribution in [0.15, 0.2) is 48.5 Å². The van der Waals surface area contributed by atoms with Crippen LogP contribution in [0.3, 0.4) is 0 Å². The lowest BCUT2D eigenvalue weighted by molar-refractivity contribution is -0.129. The smallest absolute Gasteiger partial charge is 0.245 e. The van der Waals surface area contributed by atoms with Crippen LogP contribution in [0.5, 0.6) is 0 Å². The number of para-hydroxylation sites is 1. The van der Waals surface area contributed by atoms with E-state index in [1.807, 2.05) is 36.4 Å². The van der Waals surface area contributed by atoms with Gasteiger partial charge in [0.1, 0.15) is 0 Å². The van der Waals surface area contributed by atoms with Gasteiger partial charge in [0.2, 0.25) is 11.9 Å². The zero-order valence-corrected chi connectivity index (χ0v) is 18.8. The predicted octanol–water partition coefficient (Wildman–Crippen LogP) is 5.12. The number of carbonyl (C=O) groups is 1. The Hall–Kier alpha value is -3.17. The van der Waals surface area contributed by atoms with Gasteiger partial charge >= 0.3 is 0 Å². The highest BCUT2D eigenvalue weighted by Crippen LogP contribution is 2.40. The van der Waals surface area contributed by atoms with E-state index in [9.17, 15) is 14.4 Å². The molecule has 0 bridgehead atoms. The van der Waals surface area contributed by atoms with Crippen molar-refractivity contribution < 1.29 is 9.18 Å². The number of rotatable bonds is 5. The fourth-order valence-electron chi connectivity index (χ4n) is 5.52. The van der Waals surface area contributed by atoms with Crippen LogP contribution in [-0.2, 0) is 17.8 Å². The Kier molecular flexibility index (Phi) is 5.90. The van der Waals surface area contributed by atoms with Gasteiger partial charge in [0.25, 0.3) is 0 Å². The Morgan fingerprint density at radius 2 is 1.91 bits per heavy atom.